The van der Waals surface area contributed by atoms with Crippen molar-refractivity contribution in [1.29, 1.82) is 0 Å². The summed E-state index contributed by atoms with van der Waals surface area (Å²) < 4.78 is 13.4. The monoisotopic (exact) mass is 756 g/mol. The second-order valence-electron chi connectivity index (χ2n) is 14.7. The van der Waals surface area contributed by atoms with E-state index in [9.17, 15) is 0 Å². The van der Waals surface area contributed by atoms with Gasteiger partial charge < -0.3 is 13.7 Å². The van der Waals surface area contributed by atoms with E-state index >= 15 is 0 Å². The largest absolute Gasteiger partial charge is 0.455 e. The summed E-state index contributed by atoms with van der Waals surface area (Å²) in [6, 6.07) is 76.4. The lowest BCUT2D eigenvalue weighted by molar-refractivity contribution is 0.619. The van der Waals surface area contributed by atoms with Crippen molar-refractivity contribution in [2.45, 2.75) is 0 Å². The second-order valence-corrected chi connectivity index (χ2v) is 14.7. The summed E-state index contributed by atoms with van der Waals surface area (Å²) >= 11 is 0. The number of furan rings is 1. The van der Waals surface area contributed by atoms with Gasteiger partial charge in [-0.15, -0.1) is 0 Å². The maximum absolute atomic E-state index is 6.72. The Labute approximate surface area is 341 Å². The lowest BCUT2D eigenvalue weighted by Crippen LogP contribution is -2.11. The van der Waals surface area contributed by atoms with Crippen LogP contribution in [0, 0.1) is 0 Å². The molecule has 0 unspecified atom stereocenters. The van der Waals surface area contributed by atoms with Crippen LogP contribution in [-0.4, -0.2) is 4.98 Å². The molecular weight excluding hydrogens is 721 g/mol. The van der Waals surface area contributed by atoms with Crippen LogP contribution in [0.1, 0.15) is 0 Å². The molecule has 0 aliphatic rings. The van der Waals surface area contributed by atoms with Gasteiger partial charge in [0.25, 0.3) is 0 Å². The zero-order chi connectivity index (χ0) is 39.1. The minimum Gasteiger partial charge on any atom is -0.455 e. The van der Waals surface area contributed by atoms with Crippen molar-refractivity contribution >= 4 is 50.1 Å². The Bertz CT molecular complexity index is 3140. The number of hydrogen-bond acceptors (Lipinski definition) is 4. The fourth-order valence-corrected chi connectivity index (χ4v) is 8.24. The Balaban J connectivity index is 1.14. The van der Waals surface area contributed by atoms with Gasteiger partial charge in [0.2, 0.25) is 5.89 Å². The van der Waals surface area contributed by atoms with E-state index in [1.807, 2.05) is 42.5 Å². The molecular formula is C55H36N2O2. The molecule has 9 aromatic carbocycles. The van der Waals surface area contributed by atoms with Crippen molar-refractivity contribution in [3.63, 3.8) is 0 Å². The number of anilines is 3. The van der Waals surface area contributed by atoms with Crippen LogP contribution in [-0.2, 0) is 0 Å². The highest BCUT2D eigenvalue weighted by Gasteiger charge is 2.24. The Morgan fingerprint density at radius 2 is 0.847 bits per heavy atom. The highest BCUT2D eigenvalue weighted by Crippen LogP contribution is 2.47. The van der Waals surface area contributed by atoms with Gasteiger partial charge >= 0.3 is 0 Å². The molecule has 2 heterocycles. The van der Waals surface area contributed by atoms with E-state index in [4.69, 9.17) is 13.8 Å². The molecule has 0 radical (unpaired) electrons. The number of benzene rings is 9. The van der Waals surface area contributed by atoms with Crippen molar-refractivity contribution < 1.29 is 8.83 Å². The van der Waals surface area contributed by atoms with E-state index in [0.29, 0.717) is 11.5 Å². The van der Waals surface area contributed by atoms with Gasteiger partial charge in [-0.3, -0.25) is 0 Å². The van der Waals surface area contributed by atoms with Crippen molar-refractivity contribution in [2.24, 2.45) is 0 Å². The van der Waals surface area contributed by atoms with Crippen molar-refractivity contribution in [3.8, 4) is 56.0 Å². The van der Waals surface area contributed by atoms with Crippen molar-refractivity contribution in [2.75, 3.05) is 4.90 Å². The number of rotatable bonds is 8. The maximum Gasteiger partial charge on any atom is 0.227 e. The number of para-hydroxylation sites is 1. The Hall–Kier alpha value is -7.95. The Morgan fingerprint density at radius 1 is 0.356 bits per heavy atom. The molecule has 0 fully saturated rings. The molecule has 0 aliphatic carbocycles. The summed E-state index contributed by atoms with van der Waals surface area (Å²) in [6.45, 7) is 0. The zero-order valence-corrected chi connectivity index (χ0v) is 32.0. The molecule has 11 aromatic rings. The summed E-state index contributed by atoms with van der Waals surface area (Å²) in [5.41, 5.74) is 15.8. The summed E-state index contributed by atoms with van der Waals surface area (Å²) in [4.78, 5) is 7.41. The molecule has 0 saturated carbocycles. The third-order valence-corrected chi connectivity index (χ3v) is 11.1. The quantitative estimate of drug-likeness (QED) is 0.155. The number of nitrogens with zero attached hydrogens (tertiary/aromatic N) is 2. The van der Waals surface area contributed by atoms with Crippen molar-refractivity contribution in [3.05, 3.63) is 218 Å². The van der Waals surface area contributed by atoms with Crippen LogP contribution < -0.4 is 4.90 Å². The van der Waals surface area contributed by atoms with E-state index in [2.05, 4.69) is 181 Å². The van der Waals surface area contributed by atoms with Crippen LogP contribution in [0.25, 0.3) is 89.0 Å². The minimum absolute atomic E-state index is 0.572. The predicted molar refractivity (Wildman–Crippen MR) is 243 cm³/mol. The van der Waals surface area contributed by atoms with E-state index in [0.717, 1.165) is 83.5 Å². The first-order valence-corrected chi connectivity index (χ1v) is 19.9. The lowest BCUT2D eigenvalue weighted by atomic mass is 9.94. The van der Waals surface area contributed by atoms with E-state index in [1.54, 1.807) is 0 Å². The number of oxazole rings is 1. The van der Waals surface area contributed by atoms with E-state index < -0.39 is 0 Å². The first-order valence-electron chi connectivity index (χ1n) is 19.9. The smallest absolute Gasteiger partial charge is 0.227 e. The minimum atomic E-state index is 0.572. The number of fused-ring (bicyclic) bond motifs is 4. The molecule has 0 bridgehead atoms. The normalized spacial score (nSPS) is 11.4. The Kier molecular flexibility index (Phi) is 8.45. The molecule has 11 rings (SSSR count). The molecule has 278 valence electrons. The molecule has 0 N–H and O–H groups in total. The van der Waals surface area contributed by atoms with E-state index in [1.165, 1.54) is 11.1 Å². The molecule has 4 heteroatoms. The molecule has 0 aliphatic heterocycles. The van der Waals surface area contributed by atoms with Gasteiger partial charge in [0.15, 0.2) is 5.58 Å². The fourth-order valence-electron chi connectivity index (χ4n) is 8.24. The van der Waals surface area contributed by atoms with Gasteiger partial charge in [-0.2, -0.15) is 0 Å². The summed E-state index contributed by atoms with van der Waals surface area (Å²) in [5, 5.41) is 2.04. The highest BCUT2D eigenvalue weighted by atomic mass is 16.4. The van der Waals surface area contributed by atoms with Gasteiger partial charge in [0.1, 0.15) is 16.7 Å². The molecule has 59 heavy (non-hydrogen) atoms. The van der Waals surface area contributed by atoms with E-state index in [-0.39, 0.29) is 0 Å². The van der Waals surface area contributed by atoms with Gasteiger partial charge in [0, 0.05) is 33.3 Å². The summed E-state index contributed by atoms with van der Waals surface area (Å²) in [5.74, 6) is 0.572. The first-order chi connectivity index (χ1) is 29.2. The zero-order valence-electron chi connectivity index (χ0n) is 32.0. The highest BCUT2D eigenvalue weighted by molar-refractivity contribution is 6.17. The van der Waals surface area contributed by atoms with Crippen molar-refractivity contribution in [1.82, 2.24) is 4.98 Å². The second kappa shape index (κ2) is 14.5. The SMILES string of the molecule is c1ccc(-c2ccc(N(c3ccc(-c4ccccc4)cc3)c3ccc(-c4c5oc(-c6ccccc6)nc5cc5c4oc4ccccc45)cc3-c3ccccc3)cc2)cc1. The summed E-state index contributed by atoms with van der Waals surface area (Å²) in [6.07, 6.45) is 0. The van der Waals surface area contributed by atoms with Crippen LogP contribution in [0.15, 0.2) is 227 Å². The number of aromatic nitrogens is 1. The molecule has 0 amide bonds. The lowest BCUT2D eigenvalue weighted by Gasteiger charge is -2.29. The van der Waals surface area contributed by atoms with Gasteiger partial charge in [-0.25, -0.2) is 4.98 Å². The van der Waals surface area contributed by atoms with Crippen LogP contribution in [0.5, 0.6) is 0 Å². The molecule has 0 spiro atoms. The topological polar surface area (TPSA) is 42.4 Å². The maximum atomic E-state index is 6.72. The molecule has 0 atom stereocenters. The Morgan fingerprint density at radius 3 is 1.44 bits per heavy atom. The number of hydrogen-bond donors (Lipinski definition) is 0. The predicted octanol–water partition coefficient (Wildman–Crippen LogP) is 15.5. The van der Waals surface area contributed by atoms with Crippen LogP contribution in [0.4, 0.5) is 17.1 Å². The third kappa shape index (κ3) is 6.24. The summed E-state index contributed by atoms with van der Waals surface area (Å²) in [7, 11) is 0. The van der Waals surface area contributed by atoms with Gasteiger partial charge in [-0.05, 0) is 94.0 Å². The average Bonchev–Trinajstić information content (AvgIpc) is 3.92. The van der Waals surface area contributed by atoms with Gasteiger partial charge in [-0.1, -0.05) is 158 Å². The first kappa shape index (κ1) is 34.3. The van der Waals surface area contributed by atoms with Crippen LogP contribution in [0.3, 0.4) is 0 Å². The molecule has 4 nitrogen and oxygen atoms in total. The standard InChI is InChI=1S/C55H36N2O2/c1-5-15-37(16-6-1)39-25-30-44(31-26-39)57(45-32-27-40(28-33-45)38-17-7-2-8-18-38)50-34-29-43(35-47(50)41-19-9-3-10-20-41)52-53-48(46-23-13-14-24-51(46)58-53)36-49-54(52)59-55(56-49)42-21-11-4-12-22-42/h1-36H. The fraction of sp³-hybridized carbons (Fsp3) is 0. The van der Waals surface area contributed by atoms with Crippen LogP contribution in [0.2, 0.25) is 0 Å². The molecule has 0 saturated heterocycles. The van der Waals surface area contributed by atoms with Crippen LogP contribution >= 0.6 is 0 Å². The van der Waals surface area contributed by atoms with Gasteiger partial charge in [0.05, 0.1) is 11.3 Å². The third-order valence-electron chi connectivity index (χ3n) is 11.1. The average molecular weight is 757 g/mol. The molecule has 2 aromatic heterocycles.